The minimum absolute atomic E-state index is 0.0535. The predicted octanol–water partition coefficient (Wildman–Crippen LogP) is 4.91. The standard InChI is InChI=1S/C25H19F2NO4/c1-14-4-3-5-15(12-14)22-21(23(29)19-13-17(27)8-11-20(19)32-2)24(30)25(31)28(22)18-9-6-16(26)7-10-18/h3-13,22,29H,1-2H3/b23-21+. The number of carbonyl (C=O) groups excluding carboxylic acids is 2. The fraction of sp³-hybridized carbons (Fsp3) is 0.120. The minimum atomic E-state index is -1.01. The zero-order valence-electron chi connectivity index (χ0n) is 17.3. The number of hydrogen-bond acceptors (Lipinski definition) is 4. The molecule has 1 saturated heterocycles. The molecule has 4 rings (SSSR count). The summed E-state index contributed by atoms with van der Waals surface area (Å²) in [5.74, 6) is -3.39. The summed E-state index contributed by atoms with van der Waals surface area (Å²) >= 11 is 0. The average molecular weight is 435 g/mol. The van der Waals surface area contributed by atoms with Gasteiger partial charge in [0.2, 0.25) is 0 Å². The van der Waals surface area contributed by atoms with E-state index < -0.39 is 35.1 Å². The Balaban J connectivity index is 1.99. The van der Waals surface area contributed by atoms with Crippen LogP contribution in [0, 0.1) is 18.6 Å². The second kappa shape index (κ2) is 8.26. The molecule has 0 radical (unpaired) electrons. The molecule has 1 fully saturated rings. The number of ether oxygens (including phenoxy) is 1. The summed E-state index contributed by atoms with van der Waals surface area (Å²) in [6.45, 7) is 1.85. The number of hydrogen-bond donors (Lipinski definition) is 1. The van der Waals surface area contributed by atoms with Gasteiger partial charge in [-0.15, -0.1) is 0 Å². The van der Waals surface area contributed by atoms with Gasteiger partial charge in [0.05, 0.1) is 24.3 Å². The number of aliphatic hydroxyl groups excluding tert-OH is 1. The van der Waals surface area contributed by atoms with Crippen LogP contribution in [0.1, 0.15) is 22.7 Å². The smallest absolute Gasteiger partial charge is 0.300 e. The summed E-state index contributed by atoms with van der Waals surface area (Å²) in [6, 6.07) is 14.7. The van der Waals surface area contributed by atoms with Crippen LogP contribution >= 0.6 is 0 Å². The highest BCUT2D eigenvalue weighted by atomic mass is 19.1. The number of anilines is 1. The number of carbonyl (C=O) groups is 2. The lowest BCUT2D eigenvalue weighted by atomic mass is 9.94. The van der Waals surface area contributed by atoms with Crippen LogP contribution in [0.25, 0.3) is 5.76 Å². The van der Waals surface area contributed by atoms with E-state index in [4.69, 9.17) is 4.74 Å². The maximum atomic E-state index is 14.0. The second-order valence-corrected chi connectivity index (χ2v) is 7.40. The number of Topliss-reactive ketones (excluding diaryl/α,β-unsaturated/α-hetero) is 1. The zero-order valence-corrected chi connectivity index (χ0v) is 17.3. The third kappa shape index (κ3) is 3.62. The Morgan fingerprint density at radius 1 is 0.969 bits per heavy atom. The van der Waals surface area contributed by atoms with Crippen LogP contribution in [0.15, 0.2) is 72.3 Å². The van der Waals surface area contributed by atoms with E-state index in [0.29, 0.717) is 5.56 Å². The molecule has 162 valence electrons. The van der Waals surface area contributed by atoms with E-state index in [1.807, 2.05) is 13.0 Å². The molecule has 32 heavy (non-hydrogen) atoms. The number of halogens is 2. The van der Waals surface area contributed by atoms with Gasteiger partial charge in [0.25, 0.3) is 11.7 Å². The van der Waals surface area contributed by atoms with Gasteiger partial charge >= 0.3 is 0 Å². The molecule has 1 heterocycles. The Bertz CT molecular complexity index is 1250. The number of rotatable bonds is 4. The lowest BCUT2D eigenvalue weighted by molar-refractivity contribution is -0.132. The quantitative estimate of drug-likeness (QED) is 0.359. The van der Waals surface area contributed by atoms with Crippen LogP contribution in [0.2, 0.25) is 0 Å². The Morgan fingerprint density at radius 2 is 1.66 bits per heavy atom. The highest BCUT2D eigenvalue weighted by molar-refractivity contribution is 6.51. The van der Waals surface area contributed by atoms with E-state index in [9.17, 15) is 23.5 Å². The summed E-state index contributed by atoms with van der Waals surface area (Å²) < 4.78 is 32.7. The average Bonchev–Trinajstić information content (AvgIpc) is 3.04. The zero-order chi connectivity index (χ0) is 23.0. The molecule has 0 aromatic heterocycles. The number of methoxy groups -OCH3 is 1. The number of amides is 1. The molecule has 1 aliphatic heterocycles. The first kappa shape index (κ1) is 21.2. The predicted molar refractivity (Wildman–Crippen MR) is 115 cm³/mol. The number of aryl methyl sites for hydroxylation is 1. The lowest BCUT2D eigenvalue weighted by Crippen LogP contribution is -2.29. The number of benzene rings is 3. The van der Waals surface area contributed by atoms with E-state index in [-0.39, 0.29) is 22.6 Å². The maximum Gasteiger partial charge on any atom is 0.300 e. The molecule has 1 unspecified atom stereocenters. The van der Waals surface area contributed by atoms with Crippen molar-refractivity contribution in [2.45, 2.75) is 13.0 Å². The fourth-order valence-corrected chi connectivity index (χ4v) is 3.87. The SMILES string of the molecule is COc1ccc(F)cc1/C(O)=C1\C(=O)C(=O)N(c2ccc(F)cc2)C1c1cccc(C)c1. The maximum absolute atomic E-state index is 14.0. The summed E-state index contributed by atoms with van der Waals surface area (Å²) in [6.07, 6.45) is 0. The van der Waals surface area contributed by atoms with Crippen LogP contribution in [0.4, 0.5) is 14.5 Å². The van der Waals surface area contributed by atoms with Crippen molar-refractivity contribution in [2.75, 3.05) is 12.0 Å². The van der Waals surface area contributed by atoms with Crippen molar-refractivity contribution in [3.63, 3.8) is 0 Å². The number of aliphatic hydroxyl groups is 1. The summed E-state index contributed by atoms with van der Waals surface area (Å²) in [4.78, 5) is 27.4. The highest BCUT2D eigenvalue weighted by Gasteiger charge is 2.47. The number of ketones is 1. The van der Waals surface area contributed by atoms with Crippen LogP contribution in [0.3, 0.4) is 0 Å². The molecular formula is C25H19F2NO4. The van der Waals surface area contributed by atoms with Crippen molar-refractivity contribution in [3.05, 3.63) is 101 Å². The van der Waals surface area contributed by atoms with Crippen LogP contribution in [-0.4, -0.2) is 23.9 Å². The fourth-order valence-electron chi connectivity index (χ4n) is 3.87. The van der Waals surface area contributed by atoms with E-state index in [0.717, 1.165) is 17.7 Å². The Morgan fingerprint density at radius 3 is 2.31 bits per heavy atom. The second-order valence-electron chi connectivity index (χ2n) is 7.40. The molecule has 1 amide bonds. The molecule has 1 atom stereocenters. The summed E-state index contributed by atoms with van der Waals surface area (Å²) in [7, 11) is 1.35. The van der Waals surface area contributed by atoms with Crippen molar-refractivity contribution >= 4 is 23.1 Å². The van der Waals surface area contributed by atoms with E-state index in [1.54, 1.807) is 18.2 Å². The van der Waals surface area contributed by atoms with Crippen LogP contribution < -0.4 is 9.64 Å². The Hall–Kier alpha value is -4.00. The third-order valence-electron chi connectivity index (χ3n) is 5.32. The molecule has 0 bridgehead atoms. The number of nitrogens with zero attached hydrogens (tertiary/aromatic N) is 1. The molecule has 1 N–H and O–H groups in total. The minimum Gasteiger partial charge on any atom is -0.507 e. The highest BCUT2D eigenvalue weighted by Crippen LogP contribution is 2.43. The molecule has 0 aliphatic carbocycles. The molecule has 0 spiro atoms. The summed E-state index contributed by atoms with van der Waals surface area (Å²) in [5.41, 5.74) is 1.45. The molecule has 7 heteroatoms. The van der Waals surface area contributed by atoms with E-state index >= 15 is 0 Å². The van der Waals surface area contributed by atoms with E-state index in [1.165, 1.54) is 42.3 Å². The van der Waals surface area contributed by atoms with Gasteiger partial charge in [0.15, 0.2) is 0 Å². The van der Waals surface area contributed by atoms with Gasteiger partial charge in [-0.25, -0.2) is 8.78 Å². The van der Waals surface area contributed by atoms with Crippen molar-refractivity contribution in [2.24, 2.45) is 0 Å². The van der Waals surface area contributed by atoms with Crippen molar-refractivity contribution in [1.29, 1.82) is 0 Å². The molecule has 1 aliphatic rings. The van der Waals surface area contributed by atoms with Gasteiger partial charge in [0.1, 0.15) is 23.1 Å². The van der Waals surface area contributed by atoms with Crippen LogP contribution in [-0.2, 0) is 9.59 Å². The van der Waals surface area contributed by atoms with Gasteiger partial charge in [-0.1, -0.05) is 29.8 Å². The topological polar surface area (TPSA) is 66.8 Å². The largest absolute Gasteiger partial charge is 0.507 e. The Labute approximate surface area is 183 Å². The normalized spacial score (nSPS) is 17.6. The van der Waals surface area contributed by atoms with Gasteiger partial charge in [0, 0.05) is 5.69 Å². The van der Waals surface area contributed by atoms with Crippen LogP contribution in [0.5, 0.6) is 5.75 Å². The molecule has 3 aromatic carbocycles. The summed E-state index contributed by atoms with van der Waals surface area (Å²) in [5, 5.41) is 11.1. The molecule has 0 saturated carbocycles. The van der Waals surface area contributed by atoms with Gasteiger partial charge in [-0.2, -0.15) is 0 Å². The van der Waals surface area contributed by atoms with Crippen molar-refractivity contribution < 1.29 is 28.2 Å². The first-order valence-corrected chi connectivity index (χ1v) is 9.79. The Kier molecular flexibility index (Phi) is 5.48. The molecular weight excluding hydrogens is 416 g/mol. The van der Waals surface area contributed by atoms with Crippen molar-refractivity contribution in [3.8, 4) is 5.75 Å². The monoisotopic (exact) mass is 435 g/mol. The first-order valence-electron chi connectivity index (χ1n) is 9.79. The van der Waals surface area contributed by atoms with E-state index in [2.05, 4.69) is 0 Å². The van der Waals surface area contributed by atoms with Gasteiger partial charge in [-0.3, -0.25) is 14.5 Å². The molecule has 3 aromatic rings. The first-order chi connectivity index (χ1) is 15.3. The van der Waals surface area contributed by atoms with Crippen molar-refractivity contribution in [1.82, 2.24) is 0 Å². The third-order valence-corrected chi connectivity index (χ3v) is 5.32. The van der Waals surface area contributed by atoms with Gasteiger partial charge < -0.3 is 9.84 Å². The lowest BCUT2D eigenvalue weighted by Gasteiger charge is -2.25. The van der Waals surface area contributed by atoms with Gasteiger partial charge in [-0.05, 0) is 55.0 Å². The molecule has 5 nitrogen and oxygen atoms in total.